The van der Waals surface area contributed by atoms with Crippen molar-refractivity contribution < 1.29 is 4.74 Å². The fourth-order valence-corrected chi connectivity index (χ4v) is 1.91. The summed E-state index contributed by atoms with van der Waals surface area (Å²) < 4.78 is 5.37. The molecule has 0 amide bonds. The Bertz CT molecular complexity index is 324. The Morgan fingerprint density at radius 3 is 3.00 bits per heavy atom. The molecule has 3 nitrogen and oxygen atoms in total. The largest absolute Gasteiger partial charge is 0.399 e. The number of nitrogens with two attached hydrogens (primary N) is 1. The number of anilines is 1. The molecule has 1 saturated heterocycles. The van der Waals surface area contributed by atoms with Crippen LogP contribution < -0.4 is 11.1 Å². The number of ether oxygens (including phenoxy) is 1. The average molecular weight is 213 g/mol. The summed E-state index contributed by atoms with van der Waals surface area (Å²) in [5.41, 5.74) is 7.37. The maximum atomic E-state index is 6.09. The number of morpholine rings is 1. The van der Waals surface area contributed by atoms with E-state index in [-0.39, 0.29) is 6.04 Å². The zero-order valence-corrected chi connectivity index (χ0v) is 8.55. The van der Waals surface area contributed by atoms with Gasteiger partial charge < -0.3 is 15.8 Å². The summed E-state index contributed by atoms with van der Waals surface area (Å²) in [4.78, 5) is 0. The summed E-state index contributed by atoms with van der Waals surface area (Å²) in [5, 5.41) is 4.05. The van der Waals surface area contributed by atoms with Crippen LogP contribution in [-0.4, -0.2) is 19.8 Å². The highest BCUT2D eigenvalue weighted by Gasteiger charge is 2.17. The SMILES string of the molecule is Nc1ccc([C@H]2COCCN2)c(Cl)c1. The first-order valence-electron chi connectivity index (χ1n) is 4.63. The van der Waals surface area contributed by atoms with Crippen LogP contribution >= 0.6 is 11.6 Å². The molecule has 4 heteroatoms. The van der Waals surface area contributed by atoms with Gasteiger partial charge >= 0.3 is 0 Å². The molecule has 0 aromatic heterocycles. The first-order valence-corrected chi connectivity index (χ1v) is 5.01. The van der Waals surface area contributed by atoms with Gasteiger partial charge in [0.1, 0.15) is 0 Å². The lowest BCUT2D eigenvalue weighted by atomic mass is 10.1. The van der Waals surface area contributed by atoms with Gasteiger partial charge in [0.2, 0.25) is 0 Å². The molecule has 0 aliphatic carbocycles. The Kier molecular flexibility index (Phi) is 2.91. The van der Waals surface area contributed by atoms with Crippen molar-refractivity contribution in [3.05, 3.63) is 28.8 Å². The van der Waals surface area contributed by atoms with Gasteiger partial charge in [-0.3, -0.25) is 0 Å². The van der Waals surface area contributed by atoms with Gasteiger partial charge in [0.05, 0.1) is 19.3 Å². The molecule has 2 rings (SSSR count). The topological polar surface area (TPSA) is 47.3 Å². The van der Waals surface area contributed by atoms with Gasteiger partial charge in [0.15, 0.2) is 0 Å². The number of halogens is 1. The Hall–Kier alpha value is -0.770. The molecule has 1 aromatic carbocycles. The molecule has 1 aliphatic rings. The van der Waals surface area contributed by atoms with Crippen LogP contribution in [0.4, 0.5) is 5.69 Å². The normalized spacial score (nSPS) is 22.2. The van der Waals surface area contributed by atoms with Crippen molar-refractivity contribution in [3.63, 3.8) is 0 Å². The van der Waals surface area contributed by atoms with Gasteiger partial charge in [-0.2, -0.15) is 0 Å². The minimum absolute atomic E-state index is 0.192. The van der Waals surface area contributed by atoms with E-state index in [1.165, 1.54) is 0 Å². The molecule has 14 heavy (non-hydrogen) atoms. The predicted molar refractivity (Wildman–Crippen MR) is 57.4 cm³/mol. The number of benzene rings is 1. The highest BCUT2D eigenvalue weighted by molar-refractivity contribution is 6.31. The molecule has 0 radical (unpaired) electrons. The van der Waals surface area contributed by atoms with E-state index in [1.807, 2.05) is 12.1 Å². The molecule has 0 bridgehead atoms. The molecular weight excluding hydrogens is 200 g/mol. The van der Waals surface area contributed by atoms with Gasteiger partial charge in [-0.25, -0.2) is 0 Å². The molecule has 3 N–H and O–H groups in total. The van der Waals surface area contributed by atoms with Crippen LogP contribution in [0.5, 0.6) is 0 Å². The van der Waals surface area contributed by atoms with E-state index in [9.17, 15) is 0 Å². The van der Waals surface area contributed by atoms with Crippen LogP contribution in [0.3, 0.4) is 0 Å². The minimum Gasteiger partial charge on any atom is -0.399 e. The standard InChI is InChI=1S/C10H13ClN2O/c11-9-5-7(12)1-2-8(9)10-6-14-4-3-13-10/h1-2,5,10,13H,3-4,6,12H2/t10-/m1/s1. The van der Waals surface area contributed by atoms with Gasteiger partial charge in [-0.1, -0.05) is 17.7 Å². The van der Waals surface area contributed by atoms with Crippen molar-refractivity contribution in [2.45, 2.75) is 6.04 Å². The fraction of sp³-hybridized carbons (Fsp3) is 0.400. The van der Waals surface area contributed by atoms with E-state index in [2.05, 4.69) is 5.32 Å². The van der Waals surface area contributed by atoms with Crippen LogP contribution in [0.2, 0.25) is 5.02 Å². The zero-order chi connectivity index (χ0) is 9.97. The number of hydrogen-bond donors (Lipinski definition) is 2. The van der Waals surface area contributed by atoms with Gasteiger partial charge in [0.25, 0.3) is 0 Å². The third kappa shape index (κ3) is 2.00. The maximum absolute atomic E-state index is 6.09. The Morgan fingerprint density at radius 1 is 1.50 bits per heavy atom. The van der Waals surface area contributed by atoms with E-state index in [4.69, 9.17) is 22.1 Å². The predicted octanol–water partition coefficient (Wildman–Crippen LogP) is 1.58. The van der Waals surface area contributed by atoms with Crippen LogP contribution in [0.15, 0.2) is 18.2 Å². The second kappa shape index (κ2) is 4.17. The van der Waals surface area contributed by atoms with Crippen LogP contribution in [0, 0.1) is 0 Å². The van der Waals surface area contributed by atoms with Gasteiger partial charge in [-0.15, -0.1) is 0 Å². The van der Waals surface area contributed by atoms with Crippen molar-refractivity contribution >= 4 is 17.3 Å². The molecule has 1 atom stereocenters. The van der Waals surface area contributed by atoms with Gasteiger partial charge in [-0.05, 0) is 17.7 Å². The van der Waals surface area contributed by atoms with E-state index in [0.717, 1.165) is 18.7 Å². The van der Waals surface area contributed by atoms with E-state index in [1.54, 1.807) is 6.07 Å². The monoisotopic (exact) mass is 212 g/mol. The van der Waals surface area contributed by atoms with Crippen molar-refractivity contribution in [1.29, 1.82) is 0 Å². The maximum Gasteiger partial charge on any atom is 0.0662 e. The highest BCUT2D eigenvalue weighted by Crippen LogP contribution is 2.26. The first-order chi connectivity index (χ1) is 6.77. The van der Waals surface area contributed by atoms with Crippen LogP contribution in [0.1, 0.15) is 11.6 Å². The lowest BCUT2D eigenvalue weighted by Crippen LogP contribution is -2.34. The molecule has 0 unspecified atom stereocenters. The number of rotatable bonds is 1. The second-order valence-electron chi connectivity index (χ2n) is 3.36. The van der Waals surface area contributed by atoms with Crippen molar-refractivity contribution in [2.75, 3.05) is 25.5 Å². The quantitative estimate of drug-likeness (QED) is 0.695. The average Bonchev–Trinajstić information content (AvgIpc) is 2.19. The van der Waals surface area contributed by atoms with Crippen molar-refractivity contribution in [3.8, 4) is 0 Å². The second-order valence-corrected chi connectivity index (χ2v) is 3.77. The van der Waals surface area contributed by atoms with Crippen molar-refractivity contribution in [1.82, 2.24) is 5.32 Å². The smallest absolute Gasteiger partial charge is 0.0662 e. The third-order valence-corrected chi connectivity index (χ3v) is 2.65. The molecule has 0 saturated carbocycles. The van der Waals surface area contributed by atoms with Crippen LogP contribution in [-0.2, 0) is 4.74 Å². The molecule has 0 spiro atoms. The number of nitrogen functional groups attached to an aromatic ring is 1. The van der Waals surface area contributed by atoms with Gasteiger partial charge in [0, 0.05) is 17.3 Å². The zero-order valence-electron chi connectivity index (χ0n) is 7.79. The summed E-state index contributed by atoms with van der Waals surface area (Å²) in [6.45, 7) is 2.30. The fourth-order valence-electron chi connectivity index (χ4n) is 1.59. The summed E-state index contributed by atoms with van der Waals surface area (Å²) in [5.74, 6) is 0. The minimum atomic E-state index is 0.192. The summed E-state index contributed by atoms with van der Waals surface area (Å²) in [6, 6.07) is 5.77. The lowest BCUT2D eigenvalue weighted by molar-refractivity contribution is 0.0769. The third-order valence-electron chi connectivity index (χ3n) is 2.32. The Labute approximate surface area is 88.2 Å². The number of hydrogen-bond acceptors (Lipinski definition) is 3. The molecule has 1 aliphatic heterocycles. The molecule has 76 valence electrons. The van der Waals surface area contributed by atoms with E-state index in [0.29, 0.717) is 17.3 Å². The highest BCUT2D eigenvalue weighted by atomic mass is 35.5. The Morgan fingerprint density at radius 2 is 2.36 bits per heavy atom. The van der Waals surface area contributed by atoms with Crippen LogP contribution in [0.25, 0.3) is 0 Å². The molecule has 1 fully saturated rings. The molecule has 1 heterocycles. The summed E-state index contributed by atoms with van der Waals surface area (Å²) in [7, 11) is 0. The van der Waals surface area contributed by atoms with E-state index >= 15 is 0 Å². The number of nitrogens with one attached hydrogen (secondary N) is 1. The molecule has 1 aromatic rings. The van der Waals surface area contributed by atoms with E-state index < -0.39 is 0 Å². The lowest BCUT2D eigenvalue weighted by Gasteiger charge is -2.24. The molecular formula is C10H13ClN2O. The first kappa shape index (κ1) is 9.77. The summed E-state index contributed by atoms with van der Waals surface area (Å²) in [6.07, 6.45) is 0. The van der Waals surface area contributed by atoms with Crippen molar-refractivity contribution in [2.24, 2.45) is 0 Å². The Balaban J connectivity index is 2.22. The summed E-state index contributed by atoms with van der Waals surface area (Å²) >= 11 is 6.09.